The molecule has 1 aromatic carbocycles. The first-order valence-electron chi connectivity index (χ1n) is 10.2. The van der Waals surface area contributed by atoms with Gasteiger partial charge in [0.05, 0.1) is 10.9 Å². The number of carbonyl (C=O) groups is 2. The molecule has 1 heterocycles. The Morgan fingerprint density at radius 3 is 2.21 bits per heavy atom. The van der Waals surface area contributed by atoms with Crippen molar-refractivity contribution in [3.63, 3.8) is 0 Å². The van der Waals surface area contributed by atoms with Gasteiger partial charge < -0.3 is 5.32 Å². The van der Waals surface area contributed by atoms with Gasteiger partial charge in [-0.15, -0.1) is 0 Å². The Bertz CT molecular complexity index is 827. The van der Waals surface area contributed by atoms with Crippen molar-refractivity contribution in [2.24, 2.45) is 0 Å². The van der Waals surface area contributed by atoms with E-state index in [-0.39, 0.29) is 16.8 Å². The Hall–Kier alpha value is -1.97. The van der Waals surface area contributed by atoms with Gasteiger partial charge in [0.1, 0.15) is 0 Å². The van der Waals surface area contributed by atoms with Gasteiger partial charge in [0.15, 0.2) is 0 Å². The molecule has 1 aliphatic carbocycles. The molecule has 3 rings (SSSR count). The topological polar surface area (TPSA) is 98.8 Å². The summed E-state index contributed by atoms with van der Waals surface area (Å²) in [5.74, 6) is -0.365. The first-order chi connectivity index (χ1) is 13.8. The van der Waals surface area contributed by atoms with Gasteiger partial charge in [-0.3, -0.25) is 15.0 Å². The maximum atomic E-state index is 12.8. The summed E-state index contributed by atoms with van der Waals surface area (Å²) >= 11 is 0. The number of benzene rings is 1. The van der Waals surface area contributed by atoms with E-state index in [1.165, 1.54) is 4.31 Å². The lowest BCUT2D eigenvalue weighted by atomic mass is 10.2. The molecule has 9 heteroatoms. The molecule has 3 amide bonds. The highest BCUT2D eigenvalue weighted by molar-refractivity contribution is 7.89. The van der Waals surface area contributed by atoms with Gasteiger partial charge >= 0.3 is 6.03 Å². The van der Waals surface area contributed by atoms with Gasteiger partial charge in [-0.1, -0.05) is 30.5 Å². The quantitative estimate of drug-likeness (QED) is 0.749. The molecule has 1 atom stereocenters. The summed E-state index contributed by atoms with van der Waals surface area (Å²) in [5.41, 5.74) is 1.01. The van der Waals surface area contributed by atoms with Crippen LogP contribution in [-0.4, -0.2) is 67.8 Å². The van der Waals surface area contributed by atoms with Crippen LogP contribution >= 0.6 is 0 Å². The number of rotatable bonds is 5. The molecule has 0 radical (unpaired) electrons. The number of piperazine rings is 1. The first kappa shape index (κ1) is 21.7. The zero-order valence-corrected chi connectivity index (χ0v) is 17.9. The zero-order valence-electron chi connectivity index (χ0n) is 17.1. The van der Waals surface area contributed by atoms with Crippen LogP contribution in [-0.2, 0) is 14.8 Å². The van der Waals surface area contributed by atoms with E-state index in [1.54, 1.807) is 31.2 Å². The maximum absolute atomic E-state index is 12.8. The van der Waals surface area contributed by atoms with E-state index in [1.807, 2.05) is 11.8 Å². The van der Waals surface area contributed by atoms with E-state index in [9.17, 15) is 18.0 Å². The molecule has 1 aromatic rings. The standard InChI is InChI=1S/C20H30N4O4S/c1-15-7-9-18(10-8-15)29(27,28)24-13-11-23(12-14-24)16(2)19(25)22-20(26)21-17-5-3-4-6-17/h7-10,16-17H,3-6,11-14H2,1-2H3,(H2,21,22,25,26)/t16-/m1/s1. The van der Waals surface area contributed by atoms with Crippen molar-refractivity contribution in [2.45, 2.75) is 56.5 Å². The van der Waals surface area contributed by atoms with Crippen LogP contribution in [0.5, 0.6) is 0 Å². The summed E-state index contributed by atoms with van der Waals surface area (Å²) in [6, 6.07) is 6.00. The van der Waals surface area contributed by atoms with Gasteiger partial charge in [0.25, 0.3) is 0 Å². The molecule has 1 saturated carbocycles. The smallest absolute Gasteiger partial charge is 0.321 e. The molecule has 0 aromatic heterocycles. The lowest BCUT2D eigenvalue weighted by Gasteiger charge is -2.36. The molecule has 8 nitrogen and oxygen atoms in total. The molecule has 2 aliphatic rings. The molecule has 160 valence electrons. The molecule has 0 spiro atoms. The third kappa shape index (κ3) is 5.34. The van der Waals surface area contributed by atoms with Gasteiger partial charge in [0, 0.05) is 32.2 Å². The summed E-state index contributed by atoms with van der Waals surface area (Å²) in [6.07, 6.45) is 4.11. The lowest BCUT2D eigenvalue weighted by Crippen LogP contribution is -2.56. The molecular formula is C20H30N4O4S. The van der Waals surface area contributed by atoms with Crippen molar-refractivity contribution in [2.75, 3.05) is 26.2 Å². The Morgan fingerprint density at radius 1 is 1.03 bits per heavy atom. The Morgan fingerprint density at radius 2 is 1.62 bits per heavy atom. The normalized spacial score (nSPS) is 20.3. The second kappa shape index (κ2) is 9.23. The largest absolute Gasteiger partial charge is 0.335 e. The van der Waals surface area contributed by atoms with Gasteiger partial charge in [-0.05, 0) is 38.8 Å². The average molecular weight is 423 g/mol. The van der Waals surface area contributed by atoms with Crippen LogP contribution in [0, 0.1) is 6.92 Å². The second-order valence-electron chi connectivity index (χ2n) is 7.87. The molecular weight excluding hydrogens is 392 g/mol. The first-order valence-corrected chi connectivity index (χ1v) is 11.6. The van der Waals surface area contributed by atoms with Gasteiger partial charge in [0.2, 0.25) is 15.9 Å². The van der Waals surface area contributed by atoms with Crippen LogP contribution < -0.4 is 10.6 Å². The highest BCUT2D eigenvalue weighted by Crippen LogP contribution is 2.19. The number of aryl methyl sites for hydroxylation is 1. The van der Waals surface area contributed by atoms with E-state index >= 15 is 0 Å². The van der Waals surface area contributed by atoms with Crippen molar-refractivity contribution in [1.82, 2.24) is 19.8 Å². The van der Waals surface area contributed by atoms with E-state index in [0.717, 1.165) is 31.2 Å². The van der Waals surface area contributed by atoms with E-state index < -0.39 is 22.1 Å². The number of hydrogen-bond acceptors (Lipinski definition) is 5. The minimum atomic E-state index is -3.54. The third-order valence-electron chi connectivity index (χ3n) is 5.79. The average Bonchev–Trinajstić information content (AvgIpc) is 3.20. The summed E-state index contributed by atoms with van der Waals surface area (Å²) in [7, 11) is -3.54. The molecule has 0 bridgehead atoms. The molecule has 1 aliphatic heterocycles. The number of urea groups is 1. The van der Waals surface area contributed by atoms with Gasteiger partial charge in [-0.25, -0.2) is 13.2 Å². The van der Waals surface area contributed by atoms with Crippen LogP contribution in [0.15, 0.2) is 29.2 Å². The zero-order chi connectivity index (χ0) is 21.0. The predicted molar refractivity (Wildman–Crippen MR) is 110 cm³/mol. The SMILES string of the molecule is Cc1ccc(S(=O)(=O)N2CCN([C@H](C)C(=O)NC(=O)NC3CCCC3)CC2)cc1. The molecule has 1 saturated heterocycles. The van der Waals surface area contributed by atoms with E-state index in [4.69, 9.17) is 0 Å². The van der Waals surface area contributed by atoms with E-state index in [0.29, 0.717) is 26.2 Å². The van der Waals surface area contributed by atoms with Crippen molar-refractivity contribution >= 4 is 22.0 Å². The van der Waals surface area contributed by atoms with Crippen LogP contribution in [0.3, 0.4) is 0 Å². The minimum Gasteiger partial charge on any atom is -0.335 e. The summed E-state index contributed by atoms with van der Waals surface area (Å²) in [4.78, 5) is 26.6. The maximum Gasteiger partial charge on any atom is 0.321 e. The number of nitrogens with zero attached hydrogens (tertiary/aromatic N) is 2. The number of amides is 3. The van der Waals surface area contributed by atoms with Crippen molar-refractivity contribution in [3.8, 4) is 0 Å². The minimum absolute atomic E-state index is 0.147. The molecule has 2 N–H and O–H groups in total. The number of sulfonamides is 1. The Labute approximate surface area is 172 Å². The summed E-state index contributed by atoms with van der Waals surface area (Å²) in [5, 5.41) is 5.25. The van der Waals surface area contributed by atoms with Gasteiger partial charge in [-0.2, -0.15) is 4.31 Å². The number of carbonyl (C=O) groups excluding carboxylic acids is 2. The lowest BCUT2D eigenvalue weighted by molar-refractivity contribution is -0.125. The van der Waals surface area contributed by atoms with Crippen LogP contribution in [0.25, 0.3) is 0 Å². The van der Waals surface area contributed by atoms with Crippen LogP contribution in [0.4, 0.5) is 4.79 Å². The fraction of sp³-hybridized carbons (Fsp3) is 0.600. The van der Waals surface area contributed by atoms with Crippen molar-refractivity contribution in [1.29, 1.82) is 0 Å². The monoisotopic (exact) mass is 422 g/mol. The van der Waals surface area contributed by atoms with E-state index in [2.05, 4.69) is 10.6 Å². The summed E-state index contributed by atoms with van der Waals surface area (Å²) in [6.45, 7) is 5.13. The Kier molecular flexibility index (Phi) is 6.92. The molecule has 29 heavy (non-hydrogen) atoms. The highest BCUT2D eigenvalue weighted by atomic mass is 32.2. The summed E-state index contributed by atoms with van der Waals surface area (Å²) < 4.78 is 27.0. The highest BCUT2D eigenvalue weighted by Gasteiger charge is 2.32. The fourth-order valence-corrected chi connectivity index (χ4v) is 5.29. The number of imide groups is 1. The predicted octanol–water partition coefficient (Wildman–Crippen LogP) is 1.46. The Balaban J connectivity index is 1.50. The van der Waals surface area contributed by atoms with Crippen molar-refractivity contribution in [3.05, 3.63) is 29.8 Å². The number of hydrogen-bond donors (Lipinski definition) is 2. The van der Waals surface area contributed by atoms with Crippen LogP contribution in [0.1, 0.15) is 38.2 Å². The molecule has 2 fully saturated rings. The third-order valence-corrected chi connectivity index (χ3v) is 7.70. The fourth-order valence-electron chi connectivity index (χ4n) is 3.86. The van der Waals surface area contributed by atoms with Crippen LogP contribution in [0.2, 0.25) is 0 Å². The van der Waals surface area contributed by atoms with Crippen molar-refractivity contribution < 1.29 is 18.0 Å². The second-order valence-corrected chi connectivity index (χ2v) is 9.81. The molecule has 0 unspecified atom stereocenters. The number of nitrogens with one attached hydrogen (secondary N) is 2.